The number of ether oxygens (including phenoxy) is 2. The third kappa shape index (κ3) is 4.89. The number of amides is 1. The van der Waals surface area contributed by atoms with E-state index in [0.717, 1.165) is 22.3 Å². The Morgan fingerprint density at radius 2 is 1.96 bits per heavy atom. The van der Waals surface area contributed by atoms with E-state index in [0.29, 0.717) is 24.4 Å². The average Bonchev–Trinajstić information content (AvgIpc) is 2.68. The van der Waals surface area contributed by atoms with Crippen molar-refractivity contribution < 1.29 is 18.7 Å². The molecule has 146 valence electrons. The number of anilines is 1. The van der Waals surface area contributed by atoms with Crippen LogP contribution in [0.25, 0.3) is 11.0 Å². The quantitative estimate of drug-likeness (QED) is 0.606. The Bertz CT molecular complexity index is 1030. The molecule has 0 saturated heterocycles. The van der Waals surface area contributed by atoms with E-state index in [1.165, 1.54) is 6.07 Å². The first-order valence-electron chi connectivity index (χ1n) is 8.93. The lowest BCUT2D eigenvalue weighted by atomic mass is 10.1. The van der Waals surface area contributed by atoms with Gasteiger partial charge in [-0.25, -0.2) is 9.59 Å². The summed E-state index contributed by atoms with van der Waals surface area (Å²) >= 11 is 0. The summed E-state index contributed by atoms with van der Waals surface area (Å²) in [7, 11) is 1.63. The Morgan fingerprint density at radius 1 is 1.11 bits per heavy atom. The molecule has 0 atom stereocenters. The van der Waals surface area contributed by atoms with Crippen molar-refractivity contribution in [1.29, 1.82) is 0 Å². The lowest BCUT2D eigenvalue weighted by molar-refractivity contribution is 0.168. The molecule has 28 heavy (non-hydrogen) atoms. The van der Waals surface area contributed by atoms with Crippen molar-refractivity contribution in [3.05, 3.63) is 70.1 Å². The Morgan fingerprint density at radius 3 is 2.75 bits per heavy atom. The van der Waals surface area contributed by atoms with Gasteiger partial charge in [-0.05, 0) is 42.3 Å². The van der Waals surface area contributed by atoms with Crippen molar-refractivity contribution in [1.82, 2.24) is 5.32 Å². The molecular weight excluding hydrogens is 360 g/mol. The first-order chi connectivity index (χ1) is 13.6. The molecule has 0 unspecified atom stereocenters. The highest BCUT2D eigenvalue weighted by Crippen LogP contribution is 2.22. The highest BCUT2D eigenvalue weighted by Gasteiger charge is 2.09. The van der Waals surface area contributed by atoms with Crippen molar-refractivity contribution in [3.63, 3.8) is 0 Å². The first-order valence-corrected chi connectivity index (χ1v) is 8.93. The SMILES string of the molecule is CCOC(=O)Nc1ccc2c(CNCc3cccc(OC)c3)cc(=O)oc2c1. The Labute approximate surface area is 162 Å². The van der Waals surface area contributed by atoms with Crippen LogP contribution in [0, 0.1) is 0 Å². The van der Waals surface area contributed by atoms with Crippen molar-refractivity contribution in [2.24, 2.45) is 0 Å². The molecule has 3 rings (SSSR count). The predicted octanol–water partition coefficient (Wildman–Crippen LogP) is 3.66. The van der Waals surface area contributed by atoms with Gasteiger partial charge in [-0.3, -0.25) is 5.32 Å². The van der Waals surface area contributed by atoms with Gasteiger partial charge in [-0.2, -0.15) is 0 Å². The Balaban J connectivity index is 1.75. The minimum Gasteiger partial charge on any atom is -0.497 e. The van der Waals surface area contributed by atoms with Crippen LogP contribution in [0.5, 0.6) is 5.75 Å². The molecule has 1 heterocycles. The van der Waals surface area contributed by atoms with E-state index in [4.69, 9.17) is 13.9 Å². The van der Waals surface area contributed by atoms with Crippen molar-refractivity contribution in [2.45, 2.75) is 20.0 Å². The van der Waals surface area contributed by atoms with Crippen LogP contribution in [0.15, 0.2) is 57.7 Å². The molecule has 3 aromatic rings. The fraction of sp³-hybridized carbons (Fsp3) is 0.238. The molecule has 0 aliphatic rings. The van der Waals surface area contributed by atoms with E-state index in [2.05, 4.69) is 10.6 Å². The molecule has 1 aromatic heterocycles. The van der Waals surface area contributed by atoms with E-state index in [1.54, 1.807) is 26.2 Å². The second-order valence-corrected chi connectivity index (χ2v) is 6.10. The lowest BCUT2D eigenvalue weighted by Crippen LogP contribution is -2.15. The summed E-state index contributed by atoms with van der Waals surface area (Å²) in [5, 5.41) is 6.72. The fourth-order valence-electron chi connectivity index (χ4n) is 2.86. The van der Waals surface area contributed by atoms with Gasteiger partial charge in [0.05, 0.1) is 13.7 Å². The summed E-state index contributed by atoms with van der Waals surface area (Å²) < 4.78 is 15.4. The summed E-state index contributed by atoms with van der Waals surface area (Å²) in [6.45, 7) is 3.12. The van der Waals surface area contributed by atoms with Crippen molar-refractivity contribution in [2.75, 3.05) is 19.0 Å². The number of carbonyl (C=O) groups excluding carboxylic acids is 1. The van der Waals surface area contributed by atoms with E-state index in [1.807, 2.05) is 30.3 Å². The minimum atomic E-state index is -0.555. The van der Waals surface area contributed by atoms with Crippen molar-refractivity contribution >= 4 is 22.7 Å². The molecule has 2 aromatic carbocycles. The summed E-state index contributed by atoms with van der Waals surface area (Å²) in [5.74, 6) is 0.798. The maximum absolute atomic E-state index is 11.9. The predicted molar refractivity (Wildman–Crippen MR) is 107 cm³/mol. The molecular formula is C21H22N2O5. The normalized spacial score (nSPS) is 10.6. The lowest BCUT2D eigenvalue weighted by Gasteiger charge is -2.10. The molecule has 1 amide bonds. The maximum atomic E-state index is 11.9. The summed E-state index contributed by atoms with van der Waals surface area (Å²) in [6.07, 6.45) is -0.555. The fourth-order valence-corrected chi connectivity index (χ4v) is 2.86. The highest BCUT2D eigenvalue weighted by molar-refractivity contribution is 5.89. The molecule has 7 heteroatoms. The average molecular weight is 382 g/mol. The molecule has 0 bridgehead atoms. The van der Waals surface area contributed by atoms with Crippen LogP contribution in [0.4, 0.5) is 10.5 Å². The van der Waals surface area contributed by atoms with Gasteiger partial charge < -0.3 is 19.2 Å². The second kappa shape index (κ2) is 9.05. The second-order valence-electron chi connectivity index (χ2n) is 6.10. The largest absolute Gasteiger partial charge is 0.497 e. The zero-order chi connectivity index (χ0) is 19.9. The number of benzene rings is 2. The standard InChI is InChI=1S/C21H22N2O5/c1-3-27-21(25)23-16-7-8-18-15(10-20(24)28-19(18)11-16)13-22-12-14-5-4-6-17(9-14)26-2/h4-11,22H,3,12-13H2,1-2H3,(H,23,25). The number of fused-ring (bicyclic) bond motifs is 1. The van der Waals surface area contributed by atoms with Gasteiger partial charge in [-0.15, -0.1) is 0 Å². The molecule has 0 aliphatic carbocycles. The summed E-state index contributed by atoms with van der Waals surface area (Å²) in [6, 6.07) is 14.4. The molecule has 0 spiro atoms. The van der Waals surface area contributed by atoms with E-state index < -0.39 is 11.7 Å². The van der Waals surface area contributed by atoms with Gasteiger partial charge in [0, 0.05) is 36.3 Å². The van der Waals surface area contributed by atoms with Crippen LogP contribution in [-0.2, 0) is 17.8 Å². The summed E-state index contributed by atoms with van der Waals surface area (Å²) in [5.41, 5.74) is 2.35. The number of hydrogen-bond donors (Lipinski definition) is 2. The monoisotopic (exact) mass is 382 g/mol. The number of rotatable bonds is 7. The topological polar surface area (TPSA) is 89.8 Å². The van der Waals surface area contributed by atoms with Gasteiger partial charge in [0.25, 0.3) is 0 Å². The molecule has 0 aliphatic heterocycles. The van der Waals surface area contributed by atoms with E-state index >= 15 is 0 Å². The molecule has 2 N–H and O–H groups in total. The Kier molecular flexibility index (Phi) is 6.29. The number of carbonyl (C=O) groups is 1. The van der Waals surface area contributed by atoms with Crippen LogP contribution < -0.4 is 21.0 Å². The van der Waals surface area contributed by atoms with Gasteiger partial charge in [-0.1, -0.05) is 12.1 Å². The molecule has 0 fully saturated rings. The minimum absolute atomic E-state index is 0.275. The van der Waals surface area contributed by atoms with Gasteiger partial charge >= 0.3 is 11.7 Å². The highest BCUT2D eigenvalue weighted by atomic mass is 16.5. The van der Waals surface area contributed by atoms with Gasteiger partial charge in [0.1, 0.15) is 11.3 Å². The third-order valence-electron chi connectivity index (χ3n) is 4.13. The number of nitrogens with one attached hydrogen (secondary N) is 2. The first kappa shape index (κ1) is 19.4. The van der Waals surface area contributed by atoms with Crippen LogP contribution in [-0.4, -0.2) is 19.8 Å². The van der Waals surface area contributed by atoms with Crippen LogP contribution in [0.3, 0.4) is 0 Å². The smallest absolute Gasteiger partial charge is 0.411 e. The summed E-state index contributed by atoms with van der Waals surface area (Å²) in [4.78, 5) is 23.5. The molecule has 0 radical (unpaired) electrons. The zero-order valence-electron chi connectivity index (χ0n) is 15.8. The maximum Gasteiger partial charge on any atom is 0.411 e. The van der Waals surface area contributed by atoms with Crippen LogP contribution >= 0.6 is 0 Å². The third-order valence-corrected chi connectivity index (χ3v) is 4.13. The number of hydrogen-bond acceptors (Lipinski definition) is 6. The number of methoxy groups -OCH3 is 1. The van der Waals surface area contributed by atoms with Crippen LogP contribution in [0.1, 0.15) is 18.1 Å². The molecule has 0 saturated carbocycles. The molecule has 7 nitrogen and oxygen atoms in total. The van der Waals surface area contributed by atoms with Crippen LogP contribution in [0.2, 0.25) is 0 Å². The van der Waals surface area contributed by atoms with Gasteiger partial charge in [0.15, 0.2) is 0 Å². The van der Waals surface area contributed by atoms with Crippen molar-refractivity contribution in [3.8, 4) is 5.75 Å². The van der Waals surface area contributed by atoms with E-state index in [9.17, 15) is 9.59 Å². The Hall–Kier alpha value is -3.32. The zero-order valence-corrected chi connectivity index (χ0v) is 15.8. The van der Waals surface area contributed by atoms with E-state index in [-0.39, 0.29) is 6.61 Å². The van der Waals surface area contributed by atoms with Gasteiger partial charge in [0.2, 0.25) is 0 Å².